The number of para-hydroxylation sites is 2. The van der Waals surface area contributed by atoms with Gasteiger partial charge in [-0.3, -0.25) is 9.69 Å². The van der Waals surface area contributed by atoms with Crippen molar-refractivity contribution in [2.75, 3.05) is 19.0 Å². The van der Waals surface area contributed by atoms with Crippen molar-refractivity contribution in [3.63, 3.8) is 0 Å². The molecule has 1 aromatic heterocycles. The second-order valence-corrected chi connectivity index (χ2v) is 8.24. The Morgan fingerprint density at radius 3 is 2.79 bits per heavy atom. The van der Waals surface area contributed by atoms with Gasteiger partial charge in [0, 0.05) is 42.6 Å². The molecule has 1 amide bonds. The molecule has 0 bridgehead atoms. The molecule has 0 radical (unpaired) electrons. The Morgan fingerprint density at radius 2 is 1.97 bits per heavy atom. The van der Waals surface area contributed by atoms with Gasteiger partial charge in [-0.25, -0.2) is 0 Å². The molecule has 3 aromatic rings. The lowest BCUT2D eigenvalue weighted by molar-refractivity contribution is -0.114. The highest BCUT2D eigenvalue weighted by Gasteiger charge is 2.26. The molecule has 1 N–H and O–H groups in total. The minimum absolute atomic E-state index is 0.0493. The number of nitrogens with one attached hydrogen (secondary N) is 1. The van der Waals surface area contributed by atoms with Crippen molar-refractivity contribution in [3.05, 3.63) is 76.7 Å². The summed E-state index contributed by atoms with van der Waals surface area (Å²) in [4.78, 5) is 14.9. The summed E-state index contributed by atoms with van der Waals surface area (Å²) in [5.74, 6) is 1.70. The van der Waals surface area contributed by atoms with Gasteiger partial charge in [0.2, 0.25) is 5.91 Å². The fraction of sp³-hybridized carbons (Fsp3) is 0.261. The minimum atomic E-state index is -0.135. The van der Waals surface area contributed by atoms with E-state index >= 15 is 0 Å². The molecule has 2 heterocycles. The molecule has 6 heteroatoms. The van der Waals surface area contributed by atoms with Gasteiger partial charge in [-0.1, -0.05) is 36.4 Å². The number of rotatable bonds is 5. The van der Waals surface area contributed by atoms with Gasteiger partial charge in [0.25, 0.3) is 0 Å². The SMILES string of the molecule is COc1ccccc1C1CN(Cc2ccc(NC(C)=O)s2)Cc2ccccc2O1. The number of carbonyl (C=O) groups is 1. The van der Waals surface area contributed by atoms with Crippen LogP contribution in [0.2, 0.25) is 0 Å². The van der Waals surface area contributed by atoms with Crippen LogP contribution in [0.1, 0.15) is 29.0 Å². The maximum absolute atomic E-state index is 11.3. The van der Waals surface area contributed by atoms with E-state index in [-0.39, 0.29) is 12.0 Å². The summed E-state index contributed by atoms with van der Waals surface area (Å²) in [5.41, 5.74) is 2.21. The third-order valence-electron chi connectivity index (χ3n) is 4.89. The van der Waals surface area contributed by atoms with Crippen molar-refractivity contribution in [3.8, 4) is 11.5 Å². The van der Waals surface area contributed by atoms with Gasteiger partial charge in [0.15, 0.2) is 0 Å². The molecule has 1 aliphatic rings. The molecule has 150 valence electrons. The Hall–Kier alpha value is -2.83. The van der Waals surface area contributed by atoms with E-state index in [2.05, 4.69) is 28.4 Å². The average Bonchev–Trinajstić information content (AvgIpc) is 3.05. The number of ether oxygens (including phenoxy) is 2. The first-order chi connectivity index (χ1) is 14.1. The standard InChI is InChI=1S/C23H24N2O3S/c1-16(26)24-23-12-11-18(29-23)14-25-13-17-7-3-5-9-20(17)28-22(15-25)19-8-4-6-10-21(19)27-2/h3-12,22H,13-15H2,1-2H3,(H,24,26). The van der Waals surface area contributed by atoms with Crippen LogP contribution in [0.3, 0.4) is 0 Å². The summed E-state index contributed by atoms with van der Waals surface area (Å²) in [6.07, 6.45) is -0.135. The van der Waals surface area contributed by atoms with Crippen LogP contribution < -0.4 is 14.8 Å². The van der Waals surface area contributed by atoms with Crippen molar-refractivity contribution in [1.29, 1.82) is 0 Å². The molecule has 1 unspecified atom stereocenters. The van der Waals surface area contributed by atoms with E-state index in [1.807, 2.05) is 42.5 Å². The van der Waals surface area contributed by atoms with Gasteiger partial charge < -0.3 is 14.8 Å². The van der Waals surface area contributed by atoms with E-state index < -0.39 is 0 Å². The van der Waals surface area contributed by atoms with Crippen LogP contribution in [0, 0.1) is 0 Å². The fourth-order valence-corrected chi connectivity index (χ4v) is 4.62. The first kappa shape index (κ1) is 19.5. The lowest BCUT2D eigenvalue weighted by Crippen LogP contribution is -2.27. The number of amides is 1. The Balaban J connectivity index is 1.61. The van der Waals surface area contributed by atoms with Gasteiger partial charge in [-0.2, -0.15) is 0 Å². The number of thiophene rings is 1. The molecule has 29 heavy (non-hydrogen) atoms. The molecule has 0 aliphatic carbocycles. The maximum Gasteiger partial charge on any atom is 0.221 e. The van der Waals surface area contributed by atoms with Gasteiger partial charge in [-0.05, 0) is 24.3 Å². The zero-order valence-electron chi connectivity index (χ0n) is 16.6. The van der Waals surface area contributed by atoms with E-state index in [1.165, 1.54) is 17.4 Å². The molecular weight excluding hydrogens is 384 g/mol. The lowest BCUT2D eigenvalue weighted by atomic mass is 10.1. The molecule has 0 saturated heterocycles. The maximum atomic E-state index is 11.3. The summed E-state index contributed by atoms with van der Waals surface area (Å²) in [7, 11) is 1.69. The highest BCUT2D eigenvalue weighted by atomic mass is 32.1. The van der Waals surface area contributed by atoms with E-state index in [1.54, 1.807) is 18.4 Å². The third-order valence-corrected chi connectivity index (χ3v) is 5.87. The van der Waals surface area contributed by atoms with Crippen LogP contribution in [0.25, 0.3) is 0 Å². The second-order valence-electron chi connectivity index (χ2n) is 7.07. The number of nitrogens with zero attached hydrogens (tertiary/aromatic N) is 1. The number of anilines is 1. The van der Waals surface area contributed by atoms with Crippen molar-refractivity contribution in [1.82, 2.24) is 4.90 Å². The van der Waals surface area contributed by atoms with Crippen molar-refractivity contribution >= 4 is 22.2 Å². The highest BCUT2D eigenvalue weighted by Crippen LogP contribution is 2.35. The predicted molar refractivity (Wildman–Crippen MR) is 116 cm³/mol. The monoisotopic (exact) mass is 408 g/mol. The molecule has 4 rings (SSSR count). The van der Waals surface area contributed by atoms with Crippen LogP contribution in [-0.4, -0.2) is 24.5 Å². The molecular formula is C23H24N2O3S. The molecule has 1 atom stereocenters. The van der Waals surface area contributed by atoms with E-state index in [0.717, 1.165) is 41.7 Å². The quantitative estimate of drug-likeness (QED) is 0.656. The van der Waals surface area contributed by atoms with Crippen LogP contribution in [0.15, 0.2) is 60.7 Å². The Morgan fingerprint density at radius 1 is 1.17 bits per heavy atom. The fourth-order valence-electron chi connectivity index (χ4n) is 3.62. The smallest absolute Gasteiger partial charge is 0.221 e. The first-order valence-electron chi connectivity index (χ1n) is 9.58. The number of hydrogen-bond acceptors (Lipinski definition) is 5. The Bertz CT molecular complexity index is 1000. The summed E-state index contributed by atoms with van der Waals surface area (Å²) in [6, 6.07) is 20.3. The molecule has 0 spiro atoms. The Kier molecular flexibility index (Phi) is 5.83. The predicted octanol–water partition coefficient (Wildman–Crippen LogP) is 4.85. The van der Waals surface area contributed by atoms with Crippen molar-refractivity contribution < 1.29 is 14.3 Å². The van der Waals surface area contributed by atoms with E-state index in [9.17, 15) is 4.79 Å². The highest BCUT2D eigenvalue weighted by molar-refractivity contribution is 7.16. The van der Waals surface area contributed by atoms with Crippen LogP contribution in [0.4, 0.5) is 5.00 Å². The third kappa shape index (κ3) is 4.60. The number of hydrogen-bond donors (Lipinski definition) is 1. The van der Waals surface area contributed by atoms with Crippen LogP contribution in [-0.2, 0) is 17.9 Å². The molecule has 2 aromatic carbocycles. The number of carbonyl (C=O) groups excluding carboxylic acids is 1. The van der Waals surface area contributed by atoms with Crippen LogP contribution in [0.5, 0.6) is 11.5 Å². The van der Waals surface area contributed by atoms with Crippen LogP contribution >= 0.6 is 11.3 Å². The Labute approximate surface area is 174 Å². The van der Waals surface area contributed by atoms with Gasteiger partial charge in [-0.15, -0.1) is 11.3 Å². The molecule has 1 aliphatic heterocycles. The summed E-state index contributed by atoms with van der Waals surface area (Å²) in [5, 5.41) is 3.74. The topological polar surface area (TPSA) is 50.8 Å². The zero-order valence-corrected chi connectivity index (χ0v) is 17.4. The summed E-state index contributed by atoms with van der Waals surface area (Å²) < 4.78 is 12.0. The molecule has 0 saturated carbocycles. The normalized spacial score (nSPS) is 16.4. The average molecular weight is 409 g/mol. The molecule has 0 fully saturated rings. The second kappa shape index (κ2) is 8.68. The zero-order chi connectivity index (χ0) is 20.2. The first-order valence-corrected chi connectivity index (χ1v) is 10.4. The lowest BCUT2D eigenvalue weighted by Gasteiger charge is -2.24. The van der Waals surface area contributed by atoms with Crippen molar-refractivity contribution in [2.24, 2.45) is 0 Å². The number of benzene rings is 2. The van der Waals surface area contributed by atoms with Gasteiger partial charge >= 0.3 is 0 Å². The van der Waals surface area contributed by atoms with Crippen molar-refractivity contribution in [2.45, 2.75) is 26.1 Å². The van der Waals surface area contributed by atoms with Gasteiger partial charge in [0.05, 0.1) is 12.1 Å². The minimum Gasteiger partial charge on any atom is -0.496 e. The largest absolute Gasteiger partial charge is 0.496 e. The summed E-state index contributed by atoms with van der Waals surface area (Å²) >= 11 is 1.61. The number of fused-ring (bicyclic) bond motifs is 1. The van der Waals surface area contributed by atoms with E-state index in [0.29, 0.717) is 0 Å². The number of methoxy groups -OCH3 is 1. The molecule has 5 nitrogen and oxygen atoms in total. The summed E-state index contributed by atoms with van der Waals surface area (Å²) in [6.45, 7) is 3.85. The van der Waals surface area contributed by atoms with Gasteiger partial charge in [0.1, 0.15) is 17.6 Å². The van der Waals surface area contributed by atoms with E-state index in [4.69, 9.17) is 9.47 Å².